The molecule has 0 saturated heterocycles. The quantitative estimate of drug-likeness (QED) is 0.709. The van der Waals surface area contributed by atoms with E-state index in [2.05, 4.69) is 12.2 Å². The van der Waals surface area contributed by atoms with Gasteiger partial charge in [-0.05, 0) is 7.05 Å². The number of rotatable bonds is 7. The third-order valence-electron chi connectivity index (χ3n) is 2.30. The van der Waals surface area contributed by atoms with Crippen molar-refractivity contribution in [1.82, 2.24) is 9.80 Å². The van der Waals surface area contributed by atoms with Gasteiger partial charge in [-0.1, -0.05) is 12.2 Å². The third kappa shape index (κ3) is 9.17. The molecule has 0 heterocycles. The Morgan fingerprint density at radius 3 is 2.28 bits per heavy atom. The molecule has 0 saturated carbocycles. The molecule has 1 amide bonds. The summed E-state index contributed by atoms with van der Waals surface area (Å²) < 4.78 is 35.9. The third-order valence-corrected chi connectivity index (χ3v) is 2.51. The molecule has 4 nitrogen and oxygen atoms in total. The zero-order valence-corrected chi connectivity index (χ0v) is 11.3. The van der Waals surface area contributed by atoms with Gasteiger partial charge < -0.3 is 10.6 Å². The maximum atomic E-state index is 12.0. The number of carbonyl (C=O) groups is 1. The summed E-state index contributed by atoms with van der Waals surface area (Å²) in [6.45, 7) is 0.129. The highest BCUT2D eigenvalue weighted by Gasteiger charge is 2.27. The highest BCUT2D eigenvalue weighted by molar-refractivity contribution is 7.80. The number of alkyl halides is 3. The standard InChI is InChI=1S/C10H18F3N3OS/c1-15(6-4-10(11,12)13)7-9(17)16(2)5-3-8(14)18/h3-7H2,1-2H3,(H2,14,18). The zero-order valence-electron chi connectivity index (χ0n) is 10.5. The van der Waals surface area contributed by atoms with E-state index in [1.54, 1.807) is 7.05 Å². The van der Waals surface area contributed by atoms with E-state index in [9.17, 15) is 18.0 Å². The highest BCUT2D eigenvalue weighted by Crippen LogP contribution is 2.19. The molecule has 0 atom stereocenters. The van der Waals surface area contributed by atoms with Crippen LogP contribution in [0.25, 0.3) is 0 Å². The number of likely N-dealkylation sites (N-methyl/N-ethyl adjacent to an activating group) is 2. The second-order valence-corrected chi connectivity index (χ2v) is 4.66. The molecule has 2 N–H and O–H groups in total. The maximum absolute atomic E-state index is 12.0. The Hall–Kier alpha value is -0.890. The number of amides is 1. The van der Waals surface area contributed by atoms with E-state index in [0.29, 0.717) is 18.0 Å². The minimum Gasteiger partial charge on any atom is -0.393 e. The van der Waals surface area contributed by atoms with Gasteiger partial charge in [-0.2, -0.15) is 13.2 Å². The average molecular weight is 285 g/mol. The number of nitrogens with zero attached hydrogens (tertiary/aromatic N) is 2. The fourth-order valence-corrected chi connectivity index (χ4v) is 1.24. The van der Waals surface area contributed by atoms with E-state index in [1.165, 1.54) is 16.8 Å². The molecular formula is C10H18F3N3OS. The van der Waals surface area contributed by atoms with E-state index in [0.717, 1.165) is 0 Å². The molecule has 0 fully saturated rings. The van der Waals surface area contributed by atoms with Crippen molar-refractivity contribution in [3.63, 3.8) is 0 Å². The largest absolute Gasteiger partial charge is 0.393 e. The van der Waals surface area contributed by atoms with Gasteiger partial charge in [0.25, 0.3) is 0 Å². The van der Waals surface area contributed by atoms with Crippen molar-refractivity contribution in [1.29, 1.82) is 0 Å². The Labute approximate surface area is 110 Å². The number of halogens is 3. The summed E-state index contributed by atoms with van der Waals surface area (Å²) in [5, 5.41) is 0. The van der Waals surface area contributed by atoms with Crippen LogP contribution in [-0.4, -0.2) is 60.6 Å². The number of carbonyl (C=O) groups excluding carboxylic acids is 1. The molecule has 0 aromatic rings. The first-order valence-corrected chi connectivity index (χ1v) is 5.80. The lowest BCUT2D eigenvalue weighted by atomic mass is 10.3. The van der Waals surface area contributed by atoms with E-state index < -0.39 is 12.6 Å². The predicted molar refractivity (Wildman–Crippen MR) is 67.2 cm³/mol. The van der Waals surface area contributed by atoms with Crippen molar-refractivity contribution in [3.8, 4) is 0 Å². The lowest BCUT2D eigenvalue weighted by Gasteiger charge is -2.22. The van der Waals surface area contributed by atoms with Gasteiger partial charge in [-0.25, -0.2) is 0 Å². The lowest BCUT2D eigenvalue weighted by molar-refractivity contribution is -0.141. The molecule has 106 valence electrons. The molecule has 0 bridgehead atoms. The Morgan fingerprint density at radius 1 is 1.28 bits per heavy atom. The van der Waals surface area contributed by atoms with Gasteiger partial charge in [0.1, 0.15) is 0 Å². The molecule has 0 radical (unpaired) electrons. The van der Waals surface area contributed by atoms with E-state index >= 15 is 0 Å². The minimum atomic E-state index is -4.20. The summed E-state index contributed by atoms with van der Waals surface area (Å²) in [5.41, 5.74) is 5.30. The fraction of sp³-hybridized carbons (Fsp3) is 0.800. The first kappa shape index (κ1) is 17.1. The van der Waals surface area contributed by atoms with Gasteiger partial charge >= 0.3 is 6.18 Å². The van der Waals surface area contributed by atoms with E-state index in [-0.39, 0.29) is 19.0 Å². The summed E-state index contributed by atoms with van der Waals surface area (Å²) in [6.07, 6.45) is -4.72. The summed E-state index contributed by atoms with van der Waals surface area (Å²) in [6, 6.07) is 0. The van der Waals surface area contributed by atoms with Crippen LogP contribution < -0.4 is 5.73 Å². The molecule has 0 aliphatic rings. The summed E-state index contributed by atoms with van der Waals surface area (Å²) in [5.74, 6) is -0.254. The van der Waals surface area contributed by atoms with Crippen LogP contribution >= 0.6 is 12.2 Å². The van der Waals surface area contributed by atoms with Crippen LogP contribution in [-0.2, 0) is 4.79 Å². The minimum absolute atomic E-state index is 0.0517. The van der Waals surface area contributed by atoms with E-state index in [4.69, 9.17) is 5.73 Å². The number of nitrogens with two attached hydrogens (primary N) is 1. The van der Waals surface area contributed by atoms with Gasteiger partial charge in [0.2, 0.25) is 5.91 Å². The molecule has 0 aliphatic carbocycles. The van der Waals surface area contributed by atoms with Crippen LogP contribution in [0.3, 0.4) is 0 Å². The van der Waals surface area contributed by atoms with Crippen LogP contribution in [0, 0.1) is 0 Å². The molecule has 0 aromatic carbocycles. The molecule has 18 heavy (non-hydrogen) atoms. The average Bonchev–Trinajstić information content (AvgIpc) is 2.21. The molecule has 8 heteroatoms. The van der Waals surface area contributed by atoms with E-state index in [1.807, 2.05) is 0 Å². The predicted octanol–water partition coefficient (Wildman–Crippen LogP) is 1.01. The van der Waals surface area contributed by atoms with Crippen molar-refractivity contribution in [2.75, 3.05) is 33.7 Å². The lowest BCUT2D eigenvalue weighted by Crippen LogP contribution is -2.38. The number of thiocarbonyl (C=S) groups is 1. The Kier molecular flexibility index (Phi) is 7.15. The van der Waals surface area contributed by atoms with Gasteiger partial charge in [0.05, 0.1) is 18.0 Å². The molecule has 0 rings (SSSR count). The summed E-state index contributed by atoms with van der Waals surface area (Å²) >= 11 is 4.68. The monoisotopic (exact) mass is 285 g/mol. The second kappa shape index (κ2) is 7.52. The zero-order chi connectivity index (χ0) is 14.3. The second-order valence-electron chi connectivity index (χ2n) is 4.13. The van der Waals surface area contributed by atoms with Crippen molar-refractivity contribution in [2.45, 2.75) is 19.0 Å². The van der Waals surface area contributed by atoms with Gasteiger partial charge in [-0.15, -0.1) is 0 Å². The van der Waals surface area contributed by atoms with Crippen molar-refractivity contribution < 1.29 is 18.0 Å². The van der Waals surface area contributed by atoms with Crippen molar-refractivity contribution in [3.05, 3.63) is 0 Å². The molecule has 0 spiro atoms. The summed E-state index contributed by atoms with van der Waals surface area (Å²) in [4.78, 5) is 14.7. The van der Waals surface area contributed by atoms with Crippen LogP contribution in [0.4, 0.5) is 13.2 Å². The van der Waals surface area contributed by atoms with Crippen molar-refractivity contribution >= 4 is 23.1 Å². The fourth-order valence-electron chi connectivity index (χ4n) is 1.15. The van der Waals surface area contributed by atoms with Crippen LogP contribution in [0.1, 0.15) is 12.8 Å². The molecule has 0 aliphatic heterocycles. The van der Waals surface area contributed by atoms with Gasteiger partial charge in [0.15, 0.2) is 0 Å². The van der Waals surface area contributed by atoms with Gasteiger partial charge in [0, 0.05) is 26.6 Å². The first-order chi connectivity index (χ1) is 8.11. The molecule has 0 aromatic heterocycles. The normalized spacial score (nSPS) is 11.7. The molecular weight excluding hydrogens is 267 g/mol. The Balaban J connectivity index is 3.95. The van der Waals surface area contributed by atoms with Crippen LogP contribution in [0.2, 0.25) is 0 Å². The molecule has 0 unspecified atom stereocenters. The Bertz CT molecular complexity index is 297. The van der Waals surface area contributed by atoms with Crippen LogP contribution in [0.5, 0.6) is 0 Å². The Morgan fingerprint density at radius 2 is 1.83 bits per heavy atom. The maximum Gasteiger partial charge on any atom is 0.390 e. The summed E-state index contributed by atoms with van der Waals surface area (Å²) in [7, 11) is 3.04. The van der Waals surface area contributed by atoms with Crippen molar-refractivity contribution in [2.24, 2.45) is 5.73 Å². The van der Waals surface area contributed by atoms with Gasteiger partial charge in [-0.3, -0.25) is 9.69 Å². The SMILES string of the molecule is CN(CCC(F)(F)F)CC(=O)N(C)CCC(N)=S. The first-order valence-electron chi connectivity index (χ1n) is 5.39. The number of hydrogen-bond donors (Lipinski definition) is 1. The van der Waals surface area contributed by atoms with Crippen LogP contribution in [0.15, 0.2) is 0 Å². The smallest absolute Gasteiger partial charge is 0.390 e. The topological polar surface area (TPSA) is 49.6 Å². The number of hydrogen-bond acceptors (Lipinski definition) is 3. The highest BCUT2D eigenvalue weighted by atomic mass is 32.1.